The molecule has 32 heavy (non-hydrogen) atoms. The number of anilines is 1. The molecule has 0 saturated carbocycles. The van der Waals surface area contributed by atoms with Gasteiger partial charge in [0.05, 0.1) is 0 Å². The molecule has 0 aromatic heterocycles. The molecule has 0 bridgehead atoms. The van der Waals surface area contributed by atoms with Gasteiger partial charge < -0.3 is 19.7 Å². The zero-order valence-electron chi connectivity index (χ0n) is 20.4. The highest BCUT2D eigenvalue weighted by atomic mass is 16.5. The zero-order valence-corrected chi connectivity index (χ0v) is 20.4. The Kier molecular flexibility index (Phi) is 12.1. The van der Waals surface area contributed by atoms with Crippen molar-refractivity contribution < 1.29 is 19.1 Å². The van der Waals surface area contributed by atoms with Gasteiger partial charge in [0, 0.05) is 25.4 Å². The smallest absolute Gasteiger partial charge is 0.408 e. The molecule has 2 aromatic rings. The van der Waals surface area contributed by atoms with Crippen LogP contribution >= 0.6 is 0 Å². The van der Waals surface area contributed by atoms with Crippen LogP contribution in [0.25, 0.3) is 0 Å². The average Bonchev–Trinajstić information content (AvgIpc) is 2.77. The lowest BCUT2D eigenvalue weighted by molar-refractivity contribution is -0.121. The van der Waals surface area contributed by atoms with Crippen molar-refractivity contribution in [3.05, 3.63) is 65.7 Å². The van der Waals surface area contributed by atoms with Gasteiger partial charge in [-0.3, -0.25) is 4.79 Å². The number of carbonyl (C=O) groups is 2. The molecule has 0 heterocycles. The second-order valence-corrected chi connectivity index (χ2v) is 8.09. The van der Waals surface area contributed by atoms with Gasteiger partial charge >= 0.3 is 6.09 Å². The zero-order chi connectivity index (χ0) is 24.1. The molecule has 2 amide bonds. The predicted molar refractivity (Wildman–Crippen MR) is 130 cm³/mol. The molecule has 2 aromatic carbocycles. The highest BCUT2D eigenvalue weighted by Crippen LogP contribution is 2.24. The first-order valence-corrected chi connectivity index (χ1v) is 11.1. The second-order valence-electron chi connectivity index (χ2n) is 8.09. The monoisotopic (exact) mass is 442 g/mol. The van der Waals surface area contributed by atoms with Gasteiger partial charge in [0.25, 0.3) is 0 Å². The molecule has 0 radical (unpaired) electrons. The fourth-order valence-corrected chi connectivity index (χ4v) is 3.04. The maximum Gasteiger partial charge on any atom is 0.408 e. The number of methoxy groups -OCH3 is 1. The Morgan fingerprint density at radius 2 is 1.53 bits per heavy atom. The third-order valence-electron chi connectivity index (χ3n) is 4.84. The number of hydrogen-bond acceptors (Lipinski definition) is 4. The summed E-state index contributed by atoms with van der Waals surface area (Å²) in [5.74, 6) is -0.224. The van der Waals surface area contributed by atoms with E-state index in [4.69, 9.17) is 4.74 Å². The van der Waals surface area contributed by atoms with E-state index >= 15 is 0 Å². The number of ether oxygens (including phenoxy) is 2. The number of rotatable bonds is 8. The molecule has 2 rings (SSSR count). The lowest BCUT2D eigenvalue weighted by Gasteiger charge is -2.33. The summed E-state index contributed by atoms with van der Waals surface area (Å²) in [7, 11) is 1.68. The maximum atomic E-state index is 13.3. The lowest BCUT2D eigenvalue weighted by atomic mass is 10.0. The molecule has 0 aliphatic rings. The third-order valence-corrected chi connectivity index (χ3v) is 4.84. The topological polar surface area (TPSA) is 67.9 Å². The Morgan fingerprint density at radius 3 is 2.03 bits per heavy atom. The molecular formula is C26H38N2O4. The highest BCUT2D eigenvalue weighted by Gasteiger charge is 2.32. The van der Waals surface area contributed by atoms with Gasteiger partial charge in [-0.1, -0.05) is 62.4 Å². The van der Waals surface area contributed by atoms with Crippen LogP contribution < -0.4 is 10.2 Å². The van der Waals surface area contributed by atoms with Crippen molar-refractivity contribution in [3.8, 4) is 0 Å². The van der Waals surface area contributed by atoms with Gasteiger partial charge in [-0.2, -0.15) is 0 Å². The van der Waals surface area contributed by atoms with Crippen molar-refractivity contribution in [2.75, 3.05) is 18.6 Å². The van der Waals surface area contributed by atoms with Crippen LogP contribution in [0, 0.1) is 12.8 Å². The molecule has 1 N–H and O–H groups in total. The molecule has 0 saturated heterocycles. The van der Waals surface area contributed by atoms with Crippen LogP contribution in [-0.2, 0) is 20.9 Å². The van der Waals surface area contributed by atoms with E-state index in [1.165, 1.54) is 0 Å². The van der Waals surface area contributed by atoms with E-state index in [0.29, 0.717) is 0 Å². The Hall–Kier alpha value is -2.86. The molecule has 0 fully saturated rings. The van der Waals surface area contributed by atoms with E-state index in [0.717, 1.165) is 23.4 Å². The molecule has 1 unspecified atom stereocenters. The number of aryl methyl sites for hydroxylation is 1. The fourth-order valence-electron chi connectivity index (χ4n) is 3.04. The Bertz CT molecular complexity index is 820. The first kappa shape index (κ1) is 27.2. The Labute approximate surface area is 192 Å². The van der Waals surface area contributed by atoms with Crippen molar-refractivity contribution >= 4 is 17.7 Å². The van der Waals surface area contributed by atoms with Gasteiger partial charge in [0.2, 0.25) is 5.91 Å². The first-order chi connectivity index (χ1) is 15.2. The highest BCUT2D eigenvalue weighted by molar-refractivity contribution is 5.99. The molecule has 0 spiro atoms. The number of nitrogens with zero attached hydrogens (tertiary/aromatic N) is 1. The first-order valence-electron chi connectivity index (χ1n) is 11.1. The molecule has 176 valence electrons. The average molecular weight is 443 g/mol. The van der Waals surface area contributed by atoms with Gasteiger partial charge in [0.15, 0.2) is 0 Å². The van der Waals surface area contributed by atoms with Crippen LogP contribution in [-0.4, -0.2) is 37.8 Å². The van der Waals surface area contributed by atoms with Crippen LogP contribution in [0.4, 0.5) is 10.5 Å². The number of para-hydroxylation sites is 1. The number of benzene rings is 2. The van der Waals surface area contributed by atoms with E-state index in [2.05, 4.69) is 10.1 Å². The number of hydrogen-bond donors (Lipinski definition) is 1. The lowest BCUT2D eigenvalue weighted by Crippen LogP contribution is -2.53. The third kappa shape index (κ3) is 8.71. The summed E-state index contributed by atoms with van der Waals surface area (Å²) in [5.41, 5.74) is 2.76. The van der Waals surface area contributed by atoms with E-state index in [1.807, 2.05) is 96.1 Å². The summed E-state index contributed by atoms with van der Waals surface area (Å²) < 4.78 is 9.85. The van der Waals surface area contributed by atoms with E-state index in [-0.39, 0.29) is 24.5 Å². The quantitative estimate of drug-likeness (QED) is 0.599. The summed E-state index contributed by atoms with van der Waals surface area (Å²) in [6.07, 6.45) is -0.593. The second kappa shape index (κ2) is 14.2. The molecule has 6 heteroatoms. The number of amides is 2. The SMILES string of the molecule is CCOC.Cc1ccccc1N(C(=O)C(NC(=O)OCc1ccccc1)C(C)C)C(C)C. The van der Waals surface area contributed by atoms with Crippen molar-refractivity contribution in [3.63, 3.8) is 0 Å². The molecule has 0 aliphatic carbocycles. The van der Waals surface area contributed by atoms with Crippen molar-refractivity contribution in [1.82, 2.24) is 5.32 Å². The van der Waals surface area contributed by atoms with Crippen LogP contribution in [0.1, 0.15) is 45.7 Å². The summed E-state index contributed by atoms with van der Waals surface area (Å²) in [5, 5.41) is 2.76. The minimum absolute atomic E-state index is 0.0445. The predicted octanol–water partition coefficient (Wildman–Crippen LogP) is 5.34. The summed E-state index contributed by atoms with van der Waals surface area (Å²) >= 11 is 0. The number of alkyl carbamates (subject to hydrolysis) is 1. The fraction of sp³-hybridized carbons (Fsp3) is 0.462. The Balaban J connectivity index is 0.00000118. The minimum atomic E-state index is -0.676. The van der Waals surface area contributed by atoms with Crippen LogP contribution in [0.2, 0.25) is 0 Å². The Morgan fingerprint density at radius 1 is 0.969 bits per heavy atom. The van der Waals surface area contributed by atoms with Crippen LogP contribution in [0.3, 0.4) is 0 Å². The normalized spacial score (nSPS) is 11.4. The van der Waals surface area contributed by atoms with Crippen molar-refractivity contribution in [1.29, 1.82) is 0 Å². The van der Waals surface area contributed by atoms with Crippen molar-refractivity contribution in [2.24, 2.45) is 5.92 Å². The van der Waals surface area contributed by atoms with Gasteiger partial charge in [-0.15, -0.1) is 0 Å². The largest absolute Gasteiger partial charge is 0.445 e. The molecule has 1 atom stereocenters. The standard InChI is InChI=1S/C23H30N2O3.C3H8O/c1-16(2)21(24-23(27)28-15-19-12-7-6-8-13-19)22(26)25(17(3)4)20-14-10-9-11-18(20)5;1-3-4-2/h6-14,16-17,21H,15H2,1-5H3,(H,24,27);3H2,1-2H3. The van der Waals surface area contributed by atoms with E-state index < -0.39 is 12.1 Å². The van der Waals surface area contributed by atoms with Gasteiger partial charge in [-0.25, -0.2) is 4.79 Å². The number of carbonyl (C=O) groups excluding carboxylic acids is 2. The van der Waals surface area contributed by atoms with Gasteiger partial charge in [0.1, 0.15) is 12.6 Å². The maximum absolute atomic E-state index is 13.3. The molecular weight excluding hydrogens is 404 g/mol. The van der Waals surface area contributed by atoms with Crippen LogP contribution in [0.5, 0.6) is 0 Å². The summed E-state index contributed by atoms with van der Waals surface area (Å²) in [6, 6.07) is 16.5. The van der Waals surface area contributed by atoms with Crippen LogP contribution in [0.15, 0.2) is 54.6 Å². The van der Waals surface area contributed by atoms with Crippen molar-refractivity contribution in [2.45, 2.75) is 60.2 Å². The number of nitrogens with one attached hydrogen (secondary N) is 1. The van der Waals surface area contributed by atoms with E-state index in [9.17, 15) is 9.59 Å². The van der Waals surface area contributed by atoms with Gasteiger partial charge in [-0.05, 0) is 50.8 Å². The summed E-state index contributed by atoms with van der Waals surface area (Å²) in [6.45, 7) is 12.7. The summed E-state index contributed by atoms with van der Waals surface area (Å²) in [4.78, 5) is 27.4. The molecule has 0 aliphatic heterocycles. The van der Waals surface area contributed by atoms with E-state index in [1.54, 1.807) is 12.0 Å². The minimum Gasteiger partial charge on any atom is -0.445 e. The molecule has 6 nitrogen and oxygen atoms in total.